The molecule has 170 valence electrons. The van der Waals surface area contributed by atoms with Crippen molar-refractivity contribution in [1.29, 1.82) is 0 Å². The van der Waals surface area contributed by atoms with E-state index in [9.17, 15) is 14.0 Å². The SMILES string of the molecule is CCOc1ccc2nc(NC(=O)CCCN3C(=O)/C(=C/c4ccc(F)cc4)SC3=S)sc2c1. The highest BCUT2D eigenvalue weighted by molar-refractivity contribution is 8.26. The van der Waals surface area contributed by atoms with Crippen LogP contribution in [-0.2, 0) is 9.59 Å². The number of ether oxygens (including phenoxy) is 1. The number of anilines is 1. The lowest BCUT2D eigenvalue weighted by atomic mass is 10.2. The third-order valence-electron chi connectivity index (χ3n) is 4.74. The van der Waals surface area contributed by atoms with E-state index >= 15 is 0 Å². The molecule has 0 atom stereocenters. The van der Waals surface area contributed by atoms with E-state index in [0.29, 0.717) is 33.9 Å². The number of thiocarbonyl (C=S) groups is 1. The minimum atomic E-state index is -0.334. The van der Waals surface area contributed by atoms with Crippen LogP contribution in [0.3, 0.4) is 0 Å². The summed E-state index contributed by atoms with van der Waals surface area (Å²) in [7, 11) is 0. The molecule has 3 aromatic rings. The molecule has 1 aromatic heterocycles. The minimum Gasteiger partial charge on any atom is -0.494 e. The lowest BCUT2D eigenvalue weighted by Crippen LogP contribution is -2.29. The Bertz CT molecular complexity index is 1240. The van der Waals surface area contributed by atoms with Gasteiger partial charge in [-0.05, 0) is 55.3 Å². The highest BCUT2D eigenvalue weighted by Crippen LogP contribution is 2.33. The molecule has 6 nitrogen and oxygen atoms in total. The summed E-state index contributed by atoms with van der Waals surface area (Å²) in [6.45, 7) is 2.85. The van der Waals surface area contributed by atoms with Crippen LogP contribution in [0.5, 0.6) is 5.75 Å². The predicted octanol–water partition coefficient (Wildman–Crippen LogP) is 5.45. The molecule has 0 saturated carbocycles. The van der Waals surface area contributed by atoms with Gasteiger partial charge in [0.2, 0.25) is 5.91 Å². The Labute approximate surface area is 203 Å². The van der Waals surface area contributed by atoms with E-state index in [1.165, 1.54) is 40.1 Å². The number of carbonyl (C=O) groups excluding carboxylic acids is 2. The van der Waals surface area contributed by atoms with Crippen LogP contribution >= 0.6 is 35.3 Å². The fourth-order valence-corrected chi connectivity index (χ4v) is 5.42. The van der Waals surface area contributed by atoms with Gasteiger partial charge in [0, 0.05) is 13.0 Å². The van der Waals surface area contributed by atoms with Crippen LogP contribution in [0.25, 0.3) is 16.3 Å². The van der Waals surface area contributed by atoms with E-state index in [4.69, 9.17) is 17.0 Å². The van der Waals surface area contributed by atoms with Crippen LogP contribution in [0.15, 0.2) is 47.4 Å². The number of thiazole rings is 1. The second kappa shape index (κ2) is 10.4. The van der Waals surface area contributed by atoms with E-state index in [-0.39, 0.29) is 24.1 Å². The first-order chi connectivity index (χ1) is 15.9. The van der Waals surface area contributed by atoms with Crippen LogP contribution in [0, 0.1) is 5.82 Å². The van der Waals surface area contributed by atoms with Gasteiger partial charge in [0.1, 0.15) is 15.9 Å². The maximum atomic E-state index is 13.1. The number of hydrogen-bond acceptors (Lipinski definition) is 7. The zero-order chi connectivity index (χ0) is 23.4. The summed E-state index contributed by atoms with van der Waals surface area (Å²) in [5.74, 6) is 0.0555. The molecular formula is C23H20FN3O3S3. The minimum absolute atomic E-state index is 0.175. The summed E-state index contributed by atoms with van der Waals surface area (Å²) in [6.07, 6.45) is 2.38. The summed E-state index contributed by atoms with van der Waals surface area (Å²) in [5, 5.41) is 3.35. The first-order valence-electron chi connectivity index (χ1n) is 10.3. The zero-order valence-electron chi connectivity index (χ0n) is 17.7. The third kappa shape index (κ3) is 5.76. The average molecular weight is 502 g/mol. The normalized spacial score (nSPS) is 15.0. The van der Waals surface area contributed by atoms with E-state index in [0.717, 1.165) is 21.5 Å². The Hall–Kier alpha value is -2.82. The quantitative estimate of drug-likeness (QED) is 0.327. The van der Waals surface area contributed by atoms with Gasteiger partial charge >= 0.3 is 0 Å². The van der Waals surface area contributed by atoms with Crippen molar-refractivity contribution in [2.45, 2.75) is 19.8 Å². The Morgan fingerprint density at radius 3 is 2.82 bits per heavy atom. The van der Waals surface area contributed by atoms with Gasteiger partial charge in [0.25, 0.3) is 5.91 Å². The first kappa shape index (κ1) is 23.3. The van der Waals surface area contributed by atoms with Crippen molar-refractivity contribution < 1.29 is 18.7 Å². The molecule has 0 spiro atoms. The van der Waals surface area contributed by atoms with Crippen molar-refractivity contribution in [3.8, 4) is 5.75 Å². The van der Waals surface area contributed by atoms with E-state index in [2.05, 4.69) is 10.3 Å². The highest BCUT2D eigenvalue weighted by atomic mass is 32.2. The van der Waals surface area contributed by atoms with E-state index in [1.807, 2.05) is 25.1 Å². The Balaban J connectivity index is 1.30. The summed E-state index contributed by atoms with van der Waals surface area (Å²) >= 11 is 7.92. The number of carbonyl (C=O) groups is 2. The average Bonchev–Trinajstić information content (AvgIpc) is 3.30. The fraction of sp³-hybridized carbons (Fsp3) is 0.217. The number of nitrogens with zero attached hydrogens (tertiary/aromatic N) is 2. The second-order valence-corrected chi connectivity index (χ2v) is 9.82. The number of aromatic nitrogens is 1. The fourth-order valence-electron chi connectivity index (χ4n) is 3.20. The number of hydrogen-bond donors (Lipinski definition) is 1. The number of benzene rings is 2. The number of rotatable bonds is 8. The molecule has 0 aliphatic carbocycles. The van der Waals surface area contributed by atoms with Crippen molar-refractivity contribution in [3.05, 3.63) is 58.8 Å². The number of thioether (sulfide) groups is 1. The molecule has 4 rings (SSSR count). The first-order valence-corrected chi connectivity index (χ1v) is 12.3. The highest BCUT2D eigenvalue weighted by Gasteiger charge is 2.31. The van der Waals surface area contributed by atoms with Crippen LogP contribution in [0.2, 0.25) is 0 Å². The number of nitrogens with one attached hydrogen (secondary N) is 1. The largest absolute Gasteiger partial charge is 0.494 e. The Morgan fingerprint density at radius 2 is 2.06 bits per heavy atom. The van der Waals surface area contributed by atoms with Gasteiger partial charge in [-0.25, -0.2) is 9.37 Å². The van der Waals surface area contributed by atoms with Crippen molar-refractivity contribution in [2.75, 3.05) is 18.5 Å². The molecule has 1 saturated heterocycles. The van der Waals surface area contributed by atoms with Gasteiger partial charge in [-0.2, -0.15) is 0 Å². The molecule has 10 heteroatoms. The molecule has 1 N–H and O–H groups in total. The van der Waals surface area contributed by atoms with Gasteiger partial charge < -0.3 is 10.1 Å². The monoisotopic (exact) mass is 501 g/mol. The maximum absolute atomic E-state index is 13.1. The van der Waals surface area contributed by atoms with Crippen molar-refractivity contribution >= 4 is 72.9 Å². The van der Waals surface area contributed by atoms with Gasteiger partial charge in [0.15, 0.2) is 5.13 Å². The maximum Gasteiger partial charge on any atom is 0.266 e. The topological polar surface area (TPSA) is 71.5 Å². The van der Waals surface area contributed by atoms with E-state index in [1.54, 1.807) is 18.2 Å². The van der Waals surface area contributed by atoms with Crippen molar-refractivity contribution in [1.82, 2.24) is 9.88 Å². The molecule has 33 heavy (non-hydrogen) atoms. The molecule has 1 aliphatic heterocycles. The summed E-state index contributed by atoms with van der Waals surface area (Å²) in [6, 6.07) is 11.5. The molecule has 0 bridgehead atoms. The van der Waals surface area contributed by atoms with Crippen LogP contribution in [0.4, 0.5) is 9.52 Å². The molecule has 1 aliphatic rings. The van der Waals surface area contributed by atoms with Gasteiger partial charge in [-0.3, -0.25) is 14.5 Å². The number of amides is 2. The van der Waals surface area contributed by atoms with Crippen LogP contribution < -0.4 is 10.1 Å². The summed E-state index contributed by atoms with van der Waals surface area (Å²) in [4.78, 5) is 31.5. The van der Waals surface area contributed by atoms with Crippen LogP contribution in [0.1, 0.15) is 25.3 Å². The molecule has 1 fully saturated rings. The molecule has 0 radical (unpaired) electrons. The zero-order valence-corrected chi connectivity index (χ0v) is 20.1. The number of halogens is 1. The van der Waals surface area contributed by atoms with Gasteiger partial charge in [0.05, 0.1) is 21.7 Å². The van der Waals surface area contributed by atoms with Crippen molar-refractivity contribution in [3.63, 3.8) is 0 Å². The van der Waals surface area contributed by atoms with Gasteiger partial charge in [-0.15, -0.1) is 0 Å². The molecule has 2 amide bonds. The van der Waals surface area contributed by atoms with Crippen molar-refractivity contribution in [2.24, 2.45) is 0 Å². The number of fused-ring (bicyclic) bond motifs is 1. The Kier molecular flexibility index (Phi) is 7.36. The lowest BCUT2D eigenvalue weighted by Gasteiger charge is -2.13. The van der Waals surface area contributed by atoms with Crippen LogP contribution in [-0.4, -0.2) is 39.2 Å². The predicted molar refractivity (Wildman–Crippen MR) is 135 cm³/mol. The summed E-state index contributed by atoms with van der Waals surface area (Å²) < 4.78 is 20.0. The molecule has 0 unspecified atom stereocenters. The molecule has 2 heterocycles. The van der Waals surface area contributed by atoms with Gasteiger partial charge in [-0.1, -0.05) is 47.4 Å². The lowest BCUT2D eigenvalue weighted by molar-refractivity contribution is -0.122. The standard InChI is InChI=1S/C23H20FN3O3S3/c1-2-30-16-9-10-17-18(13-16)32-22(25-17)26-20(28)4-3-11-27-21(29)19(33-23(27)31)12-14-5-7-15(24)8-6-14/h5-10,12-13H,2-4,11H2,1H3,(H,25,26,28)/b19-12-. The Morgan fingerprint density at radius 1 is 1.27 bits per heavy atom. The molecule has 2 aromatic carbocycles. The van der Waals surface area contributed by atoms with E-state index < -0.39 is 0 Å². The molecular weight excluding hydrogens is 481 g/mol. The smallest absolute Gasteiger partial charge is 0.266 e. The third-order valence-corrected chi connectivity index (χ3v) is 7.06. The summed E-state index contributed by atoms with van der Waals surface area (Å²) in [5.41, 5.74) is 1.52. The second-order valence-electron chi connectivity index (χ2n) is 7.12.